The summed E-state index contributed by atoms with van der Waals surface area (Å²) >= 11 is 0. The average Bonchev–Trinajstić information content (AvgIpc) is 2.39. The van der Waals surface area contributed by atoms with Gasteiger partial charge < -0.3 is 11.5 Å². The van der Waals surface area contributed by atoms with Gasteiger partial charge in [-0.1, -0.05) is 6.42 Å². The zero-order valence-corrected chi connectivity index (χ0v) is 8.29. The third-order valence-corrected chi connectivity index (χ3v) is 3.79. The van der Waals surface area contributed by atoms with Crippen molar-refractivity contribution in [1.29, 1.82) is 0 Å². The van der Waals surface area contributed by atoms with E-state index in [0.717, 1.165) is 23.2 Å². The number of nitrogen functional groups attached to an aromatic ring is 2. The molecular weight excluding hydrogens is 172 g/mol. The molecule has 0 aliphatic heterocycles. The van der Waals surface area contributed by atoms with Crippen molar-refractivity contribution in [2.75, 3.05) is 11.5 Å². The van der Waals surface area contributed by atoms with Crippen molar-refractivity contribution in [2.45, 2.75) is 37.5 Å². The van der Waals surface area contributed by atoms with Gasteiger partial charge in [0.15, 0.2) is 0 Å². The molecule has 2 heteroatoms. The number of benzene rings is 1. The maximum Gasteiger partial charge on any atom is 0.0372 e. The highest BCUT2D eigenvalue weighted by atomic mass is 14.6. The molecule has 1 aromatic carbocycles. The highest BCUT2D eigenvalue weighted by molar-refractivity contribution is 5.64. The molecule has 0 heterocycles. The SMILES string of the molecule is Nc1cc(N)c2c(c1)C1CCCC2C1. The summed E-state index contributed by atoms with van der Waals surface area (Å²) < 4.78 is 0. The van der Waals surface area contributed by atoms with Gasteiger partial charge in [0.05, 0.1) is 0 Å². The third kappa shape index (κ3) is 0.969. The highest BCUT2D eigenvalue weighted by Gasteiger charge is 2.35. The second-order valence-electron chi connectivity index (χ2n) is 4.67. The Kier molecular flexibility index (Phi) is 1.55. The highest BCUT2D eigenvalue weighted by Crippen LogP contribution is 2.52. The zero-order chi connectivity index (χ0) is 9.71. The number of hydrogen-bond acceptors (Lipinski definition) is 2. The van der Waals surface area contributed by atoms with E-state index in [1.165, 1.54) is 36.8 Å². The second kappa shape index (κ2) is 2.66. The van der Waals surface area contributed by atoms with Crippen LogP contribution in [0.5, 0.6) is 0 Å². The molecule has 2 nitrogen and oxygen atoms in total. The van der Waals surface area contributed by atoms with Gasteiger partial charge in [-0.2, -0.15) is 0 Å². The normalized spacial score (nSPS) is 28.9. The summed E-state index contributed by atoms with van der Waals surface area (Å²) in [6.45, 7) is 0. The van der Waals surface area contributed by atoms with Crippen LogP contribution in [0.25, 0.3) is 0 Å². The van der Waals surface area contributed by atoms with Crippen LogP contribution in [-0.4, -0.2) is 0 Å². The lowest BCUT2D eigenvalue weighted by molar-refractivity contribution is 0.436. The van der Waals surface area contributed by atoms with Gasteiger partial charge in [0, 0.05) is 11.4 Å². The summed E-state index contributed by atoms with van der Waals surface area (Å²) in [5.41, 5.74) is 16.5. The van der Waals surface area contributed by atoms with Gasteiger partial charge in [0.25, 0.3) is 0 Å². The predicted molar refractivity (Wildman–Crippen MR) is 59.2 cm³/mol. The standard InChI is InChI=1S/C12H16N2/c13-9-5-10-7-2-1-3-8(4-7)12(10)11(14)6-9/h5-8H,1-4,13-14H2. The lowest BCUT2D eigenvalue weighted by Crippen LogP contribution is -2.02. The molecule has 3 rings (SSSR count). The lowest BCUT2D eigenvalue weighted by Gasteiger charge is -2.18. The van der Waals surface area contributed by atoms with Crippen LogP contribution in [0.1, 0.15) is 48.6 Å². The molecule has 2 aliphatic carbocycles. The Morgan fingerprint density at radius 3 is 2.71 bits per heavy atom. The van der Waals surface area contributed by atoms with Gasteiger partial charge in [0.2, 0.25) is 0 Å². The molecule has 2 aliphatic rings. The molecule has 2 atom stereocenters. The van der Waals surface area contributed by atoms with Gasteiger partial charge in [-0.05, 0) is 54.4 Å². The van der Waals surface area contributed by atoms with E-state index >= 15 is 0 Å². The van der Waals surface area contributed by atoms with Crippen molar-refractivity contribution in [1.82, 2.24) is 0 Å². The number of nitrogens with two attached hydrogens (primary N) is 2. The number of anilines is 2. The maximum absolute atomic E-state index is 6.05. The minimum atomic E-state index is 0.726. The smallest absolute Gasteiger partial charge is 0.0372 e. The van der Waals surface area contributed by atoms with E-state index in [4.69, 9.17) is 11.5 Å². The molecule has 0 spiro atoms. The molecule has 1 fully saturated rings. The Morgan fingerprint density at radius 1 is 1.07 bits per heavy atom. The monoisotopic (exact) mass is 188 g/mol. The van der Waals surface area contributed by atoms with Crippen molar-refractivity contribution in [3.63, 3.8) is 0 Å². The predicted octanol–water partition coefficient (Wildman–Crippen LogP) is 2.61. The average molecular weight is 188 g/mol. The molecule has 2 bridgehead atoms. The van der Waals surface area contributed by atoms with Gasteiger partial charge >= 0.3 is 0 Å². The van der Waals surface area contributed by atoms with E-state index in [1.54, 1.807) is 0 Å². The van der Waals surface area contributed by atoms with Crippen molar-refractivity contribution >= 4 is 11.4 Å². The van der Waals surface area contributed by atoms with E-state index in [1.807, 2.05) is 6.07 Å². The van der Waals surface area contributed by atoms with E-state index in [0.29, 0.717) is 0 Å². The minimum absolute atomic E-state index is 0.726. The van der Waals surface area contributed by atoms with Crippen LogP contribution in [0.4, 0.5) is 11.4 Å². The molecular formula is C12H16N2. The molecule has 2 unspecified atom stereocenters. The largest absolute Gasteiger partial charge is 0.399 e. The summed E-state index contributed by atoms with van der Waals surface area (Å²) in [5.74, 6) is 1.47. The number of fused-ring (bicyclic) bond motifs is 5. The molecule has 1 aromatic rings. The first-order chi connectivity index (χ1) is 6.75. The van der Waals surface area contributed by atoms with Crippen LogP contribution < -0.4 is 11.5 Å². The Labute approximate surface area is 84.3 Å². The van der Waals surface area contributed by atoms with Gasteiger partial charge in [0.1, 0.15) is 0 Å². The first-order valence-electron chi connectivity index (χ1n) is 5.44. The van der Waals surface area contributed by atoms with Gasteiger partial charge in [-0.15, -0.1) is 0 Å². The van der Waals surface area contributed by atoms with E-state index in [-0.39, 0.29) is 0 Å². The quantitative estimate of drug-likeness (QED) is 0.615. The maximum atomic E-state index is 6.05. The third-order valence-electron chi connectivity index (χ3n) is 3.79. The molecule has 0 amide bonds. The molecule has 0 aromatic heterocycles. The van der Waals surface area contributed by atoms with Gasteiger partial charge in [-0.3, -0.25) is 0 Å². The second-order valence-corrected chi connectivity index (χ2v) is 4.67. The first kappa shape index (κ1) is 8.16. The molecule has 14 heavy (non-hydrogen) atoms. The summed E-state index contributed by atoms with van der Waals surface area (Å²) in [7, 11) is 0. The summed E-state index contributed by atoms with van der Waals surface area (Å²) in [6, 6.07) is 4.06. The van der Waals surface area contributed by atoms with Crippen LogP contribution in [-0.2, 0) is 0 Å². The fourth-order valence-electron chi connectivity index (χ4n) is 3.27. The molecule has 0 saturated heterocycles. The Bertz CT molecular complexity index is 384. The van der Waals surface area contributed by atoms with Crippen LogP contribution in [0.3, 0.4) is 0 Å². The van der Waals surface area contributed by atoms with E-state index < -0.39 is 0 Å². The Hall–Kier alpha value is -1.18. The Balaban J connectivity index is 2.21. The first-order valence-corrected chi connectivity index (χ1v) is 5.44. The molecule has 0 radical (unpaired) electrons. The number of hydrogen-bond donors (Lipinski definition) is 2. The van der Waals surface area contributed by atoms with Crippen molar-refractivity contribution in [3.05, 3.63) is 23.3 Å². The fourth-order valence-corrected chi connectivity index (χ4v) is 3.27. The van der Waals surface area contributed by atoms with Crippen molar-refractivity contribution in [3.8, 4) is 0 Å². The molecule has 4 N–H and O–H groups in total. The van der Waals surface area contributed by atoms with Crippen LogP contribution in [0.2, 0.25) is 0 Å². The summed E-state index contributed by atoms with van der Waals surface area (Å²) in [5, 5.41) is 0. The molecule has 74 valence electrons. The fraction of sp³-hybridized carbons (Fsp3) is 0.500. The number of rotatable bonds is 0. The minimum Gasteiger partial charge on any atom is -0.399 e. The summed E-state index contributed by atoms with van der Waals surface area (Å²) in [6.07, 6.45) is 5.30. The zero-order valence-electron chi connectivity index (χ0n) is 8.29. The topological polar surface area (TPSA) is 52.0 Å². The van der Waals surface area contributed by atoms with Crippen LogP contribution >= 0.6 is 0 Å². The summed E-state index contributed by atoms with van der Waals surface area (Å²) in [4.78, 5) is 0. The van der Waals surface area contributed by atoms with E-state index in [9.17, 15) is 0 Å². The lowest BCUT2D eigenvalue weighted by atomic mass is 9.87. The van der Waals surface area contributed by atoms with Crippen LogP contribution in [0.15, 0.2) is 12.1 Å². The van der Waals surface area contributed by atoms with E-state index in [2.05, 4.69) is 6.07 Å². The van der Waals surface area contributed by atoms with Crippen LogP contribution in [0, 0.1) is 0 Å². The molecule has 1 saturated carbocycles. The Morgan fingerprint density at radius 2 is 1.86 bits per heavy atom. The van der Waals surface area contributed by atoms with Crippen molar-refractivity contribution in [2.24, 2.45) is 0 Å². The van der Waals surface area contributed by atoms with Crippen molar-refractivity contribution < 1.29 is 0 Å². The van der Waals surface area contributed by atoms with Gasteiger partial charge in [-0.25, -0.2) is 0 Å².